The standard InChI is InChI=1S/C19H18ClF3N6O2/c1-31-12-6-26-29(7-12)18(9-28(10-18)17(24)30)8-25-15-5-16(19(21,22)23)27-14-3-2-11(20)4-13(14)15/h2-7H,8-10H2,1H3,(H2,24,30)(H,25,27). The molecular formula is C19H18ClF3N6O2. The number of nitrogens with zero attached hydrogens (tertiary/aromatic N) is 4. The molecule has 0 radical (unpaired) electrons. The number of nitrogens with one attached hydrogen (secondary N) is 1. The Morgan fingerprint density at radius 3 is 2.71 bits per heavy atom. The molecule has 4 rings (SSSR count). The number of rotatable bonds is 5. The van der Waals surface area contributed by atoms with Gasteiger partial charge in [0.25, 0.3) is 0 Å². The van der Waals surface area contributed by atoms with Crippen molar-refractivity contribution in [2.75, 3.05) is 32.1 Å². The first-order valence-corrected chi connectivity index (χ1v) is 9.54. The number of halogens is 4. The summed E-state index contributed by atoms with van der Waals surface area (Å²) in [6.45, 7) is 0.636. The van der Waals surface area contributed by atoms with E-state index in [1.165, 1.54) is 30.3 Å². The molecule has 1 aromatic carbocycles. The molecule has 2 amide bonds. The zero-order chi connectivity index (χ0) is 22.4. The molecule has 0 bridgehead atoms. The maximum absolute atomic E-state index is 13.4. The lowest BCUT2D eigenvalue weighted by Gasteiger charge is -2.49. The van der Waals surface area contributed by atoms with E-state index in [9.17, 15) is 18.0 Å². The lowest BCUT2D eigenvalue weighted by atomic mass is 9.89. The minimum absolute atomic E-state index is 0.156. The van der Waals surface area contributed by atoms with Crippen LogP contribution < -0.4 is 15.8 Å². The number of amides is 2. The van der Waals surface area contributed by atoms with E-state index >= 15 is 0 Å². The highest BCUT2D eigenvalue weighted by Crippen LogP contribution is 2.36. The quantitative estimate of drug-likeness (QED) is 0.616. The molecule has 2 aromatic heterocycles. The molecule has 3 aromatic rings. The van der Waals surface area contributed by atoms with Gasteiger partial charge in [-0.05, 0) is 24.3 Å². The summed E-state index contributed by atoms with van der Waals surface area (Å²) in [6, 6.07) is 4.82. The fraction of sp³-hybridized carbons (Fsp3) is 0.316. The number of methoxy groups -OCH3 is 1. The zero-order valence-electron chi connectivity index (χ0n) is 16.3. The maximum atomic E-state index is 13.4. The molecule has 3 heterocycles. The molecule has 1 aliphatic rings. The highest BCUT2D eigenvalue weighted by atomic mass is 35.5. The van der Waals surface area contributed by atoms with Crippen LogP contribution in [0.3, 0.4) is 0 Å². The Bertz CT molecular complexity index is 1140. The van der Waals surface area contributed by atoms with Crippen LogP contribution in [0.4, 0.5) is 23.7 Å². The number of pyridine rings is 1. The molecule has 1 saturated heterocycles. The van der Waals surface area contributed by atoms with Crippen molar-refractivity contribution in [3.8, 4) is 5.75 Å². The number of likely N-dealkylation sites (tertiary alicyclic amines) is 1. The average Bonchev–Trinajstić information content (AvgIpc) is 3.15. The van der Waals surface area contributed by atoms with Gasteiger partial charge < -0.3 is 20.7 Å². The third kappa shape index (κ3) is 3.92. The Labute approximate surface area is 179 Å². The van der Waals surface area contributed by atoms with Crippen molar-refractivity contribution in [3.05, 3.63) is 47.4 Å². The number of benzene rings is 1. The summed E-state index contributed by atoms with van der Waals surface area (Å²) < 4.78 is 46.9. The first-order chi connectivity index (χ1) is 14.6. The van der Waals surface area contributed by atoms with Crippen LogP contribution in [-0.2, 0) is 11.7 Å². The number of carbonyl (C=O) groups is 1. The molecule has 0 atom stereocenters. The molecule has 31 heavy (non-hydrogen) atoms. The fourth-order valence-electron chi connectivity index (χ4n) is 3.58. The first kappa shape index (κ1) is 21.0. The fourth-order valence-corrected chi connectivity index (χ4v) is 3.75. The van der Waals surface area contributed by atoms with Crippen molar-refractivity contribution in [2.24, 2.45) is 5.73 Å². The predicted molar refractivity (Wildman–Crippen MR) is 108 cm³/mol. The van der Waals surface area contributed by atoms with Gasteiger partial charge in [-0.3, -0.25) is 4.68 Å². The van der Waals surface area contributed by atoms with Crippen LogP contribution in [0.25, 0.3) is 10.9 Å². The molecule has 3 N–H and O–H groups in total. The molecule has 164 valence electrons. The second-order valence-corrected chi connectivity index (χ2v) is 7.75. The van der Waals surface area contributed by atoms with Crippen molar-refractivity contribution < 1.29 is 22.7 Å². The van der Waals surface area contributed by atoms with Gasteiger partial charge in [0.1, 0.15) is 11.2 Å². The van der Waals surface area contributed by atoms with Crippen LogP contribution >= 0.6 is 11.6 Å². The van der Waals surface area contributed by atoms with Gasteiger partial charge in [0.15, 0.2) is 5.75 Å². The Balaban J connectivity index is 1.70. The lowest BCUT2D eigenvalue weighted by Crippen LogP contribution is -2.68. The molecule has 12 heteroatoms. The minimum Gasteiger partial charge on any atom is -0.493 e. The number of hydrogen-bond donors (Lipinski definition) is 2. The summed E-state index contributed by atoms with van der Waals surface area (Å²) in [5.74, 6) is 0.511. The third-order valence-corrected chi connectivity index (χ3v) is 5.47. The van der Waals surface area contributed by atoms with Gasteiger partial charge in [0.2, 0.25) is 0 Å². The Kier molecular flexibility index (Phi) is 5.08. The largest absolute Gasteiger partial charge is 0.493 e. The maximum Gasteiger partial charge on any atom is 0.433 e. The monoisotopic (exact) mass is 454 g/mol. The summed E-state index contributed by atoms with van der Waals surface area (Å²) in [5, 5.41) is 8.17. The van der Waals surface area contributed by atoms with Gasteiger partial charge >= 0.3 is 12.2 Å². The Hall–Kier alpha value is -3.21. The van der Waals surface area contributed by atoms with Gasteiger partial charge in [0.05, 0.1) is 38.1 Å². The highest BCUT2D eigenvalue weighted by Gasteiger charge is 2.47. The molecule has 1 fully saturated rings. The molecule has 8 nitrogen and oxygen atoms in total. The van der Waals surface area contributed by atoms with Crippen LogP contribution in [0, 0.1) is 0 Å². The van der Waals surface area contributed by atoms with Gasteiger partial charge in [-0.25, -0.2) is 9.78 Å². The van der Waals surface area contributed by atoms with Crippen LogP contribution in [0.15, 0.2) is 36.7 Å². The number of hydrogen-bond acceptors (Lipinski definition) is 5. The summed E-state index contributed by atoms with van der Waals surface area (Å²) in [4.78, 5) is 16.7. The second-order valence-electron chi connectivity index (χ2n) is 7.31. The minimum atomic E-state index is -4.61. The first-order valence-electron chi connectivity index (χ1n) is 9.16. The van der Waals surface area contributed by atoms with E-state index in [0.717, 1.165) is 6.07 Å². The van der Waals surface area contributed by atoms with Gasteiger partial charge in [-0.15, -0.1) is 0 Å². The van der Waals surface area contributed by atoms with Crippen LogP contribution in [0.2, 0.25) is 5.02 Å². The van der Waals surface area contributed by atoms with Crippen molar-refractivity contribution in [2.45, 2.75) is 11.7 Å². The number of carbonyl (C=O) groups excluding carboxylic acids is 1. The third-order valence-electron chi connectivity index (χ3n) is 5.23. The van der Waals surface area contributed by atoms with E-state index < -0.39 is 23.4 Å². The van der Waals surface area contributed by atoms with Crippen LogP contribution in [0.1, 0.15) is 5.69 Å². The smallest absolute Gasteiger partial charge is 0.433 e. The number of primary amides is 1. The van der Waals surface area contributed by atoms with Crippen molar-refractivity contribution in [3.63, 3.8) is 0 Å². The molecular weight excluding hydrogens is 437 g/mol. The molecule has 0 spiro atoms. The van der Waals surface area contributed by atoms with Crippen molar-refractivity contribution in [1.82, 2.24) is 19.7 Å². The molecule has 0 aliphatic carbocycles. The number of fused-ring (bicyclic) bond motifs is 1. The number of aromatic nitrogens is 3. The van der Waals surface area contributed by atoms with Crippen molar-refractivity contribution in [1.29, 1.82) is 0 Å². The summed E-state index contributed by atoms with van der Waals surface area (Å²) >= 11 is 6.05. The Morgan fingerprint density at radius 1 is 1.35 bits per heavy atom. The second kappa shape index (κ2) is 7.49. The van der Waals surface area contributed by atoms with Gasteiger partial charge in [-0.1, -0.05) is 11.6 Å². The number of ether oxygens (including phenoxy) is 1. The predicted octanol–water partition coefficient (Wildman–Crippen LogP) is 3.31. The summed E-state index contributed by atoms with van der Waals surface area (Å²) in [5.41, 5.74) is 3.99. The van der Waals surface area contributed by atoms with E-state index in [4.69, 9.17) is 22.1 Å². The van der Waals surface area contributed by atoms with Gasteiger partial charge in [0, 0.05) is 22.6 Å². The van der Waals surface area contributed by atoms with E-state index in [1.54, 1.807) is 16.9 Å². The van der Waals surface area contributed by atoms with Crippen molar-refractivity contribution >= 4 is 34.2 Å². The lowest BCUT2D eigenvalue weighted by molar-refractivity contribution is -0.140. The topological polar surface area (TPSA) is 98.3 Å². The Morgan fingerprint density at radius 2 is 2.10 bits per heavy atom. The number of alkyl halides is 3. The SMILES string of the molecule is COc1cnn(C2(CNc3cc(C(F)(F)F)nc4ccc(Cl)cc34)CN(C(N)=O)C2)c1. The number of urea groups is 1. The highest BCUT2D eigenvalue weighted by molar-refractivity contribution is 6.31. The summed E-state index contributed by atoms with van der Waals surface area (Å²) in [6.07, 6.45) is -1.45. The number of anilines is 1. The van der Waals surface area contributed by atoms with E-state index in [2.05, 4.69) is 15.4 Å². The molecule has 0 unspecified atom stereocenters. The van der Waals surface area contributed by atoms with E-state index in [1.807, 2.05) is 0 Å². The molecule has 0 saturated carbocycles. The van der Waals surface area contributed by atoms with Crippen LogP contribution in [0.5, 0.6) is 5.75 Å². The van der Waals surface area contributed by atoms with Gasteiger partial charge in [-0.2, -0.15) is 18.3 Å². The van der Waals surface area contributed by atoms with E-state index in [0.29, 0.717) is 16.2 Å². The number of nitrogens with two attached hydrogens (primary N) is 1. The molecule has 1 aliphatic heterocycles. The zero-order valence-corrected chi connectivity index (χ0v) is 17.0. The normalized spacial score (nSPS) is 15.6. The van der Waals surface area contributed by atoms with E-state index in [-0.39, 0.29) is 30.8 Å². The average molecular weight is 455 g/mol. The summed E-state index contributed by atoms with van der Waals surface area (Å²) in [7, 11) is 1.49. The van der Waals surface area contributed by atoms with Crippen LogP contribution in [-0.4, -0.2) is 52.4 Å².